The van der Waals surface area contributed by atoms with E-state index >= 15 is 0 Å². The second kappa shape index (κ2) is 6.02. The van der Waals surface area contributed by atoms with Crippen LogP contribution >= 0.6 is 11.3 Å². The van der Waals surface area contributed by atoms with E-state index in [0.717, 1.165) is 0 Å². The number of anilines is 2. The standard InChI is InChI=1S/C12H13N3O2S/c1-2-17-10-6-4-3-5-9(10)14-11(16)15-12-13-7-8-18-12/h3-8H,2H2,1H3,(H2,13,14,15,16). The van der Waals surface area contributed by atoms with E-state index in [1.54, 1.807) is 17.6 Å². The van der Waals surface area contributed by atoms with Gasteiger partial charge in [0.15, 0.2) is 5.13 Å². The molecule has 18 heavy (non-hydrogen) atoms. The van der Waals surface area contributed by atoms with Crippen molar-refractivity contribution in [1.82, 2.24) is 4.98 Å². The van der Waals surface area contributed by atoms with Gasteiger partial charge >= 0.3 is 6.03 Å². The van der Waals surface area contributed by atoms with E-state index in [2.05, 4.69) is 15.6 Å². The van der Waals surface area contributed by atoms with Gasteiger partial charge in [0.05, 0.1) is 12.3 Å². The average molecular weight is 263 g/mol. The first-order chi connectivity index (χ1) is 8.79. The number of hydrogen-bond acceptors (Lipinski definition) is 4. The van der Waals surface area contributed by atoms with E-state index in [9.17, 15) is 4.79 Å². The van der Waals surface area contributed by atoms with Crippen molar-refractivity contribution >= 4 is 28.2 Å². The number of carbonyl (C=O) groups excluding carboxylic acids is 1. The smallest absolute Gasteiger partial charge is 0.325 e. The predicted molar refractivity (Wildman–Crippen MR) is 72.4 cm³/mol. The first-order valence-corrected chi connectivity index (χ1v) is 6.37. The highest BCUT2D eigenvalue weighted by Crippen LogP contribution is 2.23. The minimum atomic E-state index is -0.336. The molecule has 0 saturated heterocycles. The van der Waals surface area contributed by atoms with E-state index in [1.807, 2.05) is 25.1 Å². The molecule has 94 valence electrons. The molecule has 2 rings (SSSR count). The number of nitrogens with zero attached hydrogens (tertiary/aromatic N) is 1. The Morgan fingerprint density at radius 2 is 2.22 bits per heavy atom. The Morgan fingerprint density at radius 3 is 2.94 bits per heavy atom. The average Bonchev–Trinajstić information content (AvgIpc) is 2.84. The van der Waals surface area contributed by atoms with Gasteiger partial charge in [-0.25, -0.2) is 9.78 Å². The van der Waals surface area contributed by atoms with Crippen LogP contribution in [0.4, 0.5) is 15.6 Å². The maximum absolute atomic E-state index is 11.7. The van der Waals surface area contributed by atoms with Crippen LogP contribution in [0.2, 0.25) is 0 Å². The largest absolute Gasteiger partial charge is 0.492 e. The van der Waals surface area contributed by atoms with Crippen LogP contribution in [0.5, 0.6) is 5.75 Å². The second-order valence-electron chi connectivity index (χ2n) is 3.35. The summed E-state index contributed by atoms with van der Waals surface area (Å²) in [4.78, 5) is 15.7. The lowest BCUT2D eigenvalue weighted by Crippen LogP contribution is -2.19. The van der Waals surface area contributed by atoms with Gasteiger partial charge in [0, 0.05) is 11.6 Å². The molecular formula is C12H13N3O2S. The van der Waals surface area contributed by atoms with Gasteiger partial charge in [-0.2, -0.15) is 0 Å². The number of rotatable bonds is 4. The summed E-state index contributed by atoms with van der Waals surface area (Å²) in [6, 6.07) is 6.95. The lowest BCUT2D eigenvalue weighted by Gasteiger charge is -2.10. The molecule has 0 saturated carbocycles. The van der Waals surface area contributed by atoms with Crippen molar-refractivity contribution in [2.24, 2.45) is 0 Å². The first-order valence-electron chi connectivity index (χ1n) is 5.49. The molecule has 0 aliphatic rings. The molecule has 0 aliphatic heterocycles. The molecule has 0 unspecified atom stereocenters. The van der Waals surface area contributed by atoms with Crippen molar-refractivity contribution < 1.29 is 9.53 Å². The van der Waals surface area contributed by atoms with Gasteiger partial charge < -0.3 is 10.1 Å². The third-order valence-electron chi connectivity index (χ3n) is 2.09. The third-order valence-corrected chi connectivity index (χ3v) is 2.78. The van der Waals surface area contributed by atoms with E-state index in [0.29, 0.717) is 23.2 Å². The number of thiazole rings is 1. The summed E-state index contributed by atoms with van der Waals surface area (Å²) in [5.74, 6) is 0.647. The summed E-state index contributed by atoms with van der Waals surface area (Å²) < 4.78 is 5.42. The predicted octanol–water partition coefficient (Wildman–Crippen LogP) is 3.19. The second-order valence-corrected chi connectivity index (χ2v) is 4.24. The number of amides is 2. The number of ether oxygens (including phenoxy) is 1. The van der Waals surface area contributed by atoms with E-state index < -0.39 is 0 Å². The highest BCUT2D eigenvalue weighted by molar-refractivity contribution is 7.13. The summed E-state index contributed by atoms with van der Waals surface area (Å²) in [6.07, 6.45) is 1.63. The Hall–Kier alpha value is -2.08. The Balaban J connectivity index is 2.02. The van der Waals surface area contributed by atoms with Gasteiger partial charge in [0.2, 0.25) is 0 Å². The Morgan fingerprint density at radius 1 is 1.39 bits per heavy atom. The molecule has 0 spiro atoms. The van der Waals surface area contributed by atoms with E-state index in [4.69, 9.17) is 4.74 Å². The SMILES string of the molecule is CCOc1ccccc1NC(=O)Nc1nccs1. The van der Waals surface area contributed by atoms with E-state index in [1.165, 1.54) is 11.3 Å². The third kappa shape index (κ3) is 3.21. The topological polar surface area (TPSA) is 63.2 Å². The normalized spacial score (nSPS) is 9.83. The number of urea groups is 1. The van der Waals surface area contributed by atoms with Gasteiger partial charge in [-0.1, -0.05) is 12.1 Å². The van der Waals surface area contributed by atoms with Crippen LogP contribution in [0.1, 0.15) is 6.92 Å². The number of benzene rings is 1. The number of hydrogen-bond donors (Lipinski definition) is 2. The van der Waals surface area contributed by atoms with Crippen LogP contribution in [-0.2, 0) is 0 Å². The molecule has 0 atom stereocenters. The molecule has 0 fully saturated rings. The molecule has 1 aromatic carbocycles. The van der Waals surface area contributed by atoms with Crippen molar-refractivity contribution in [2.45, 2.75) is 6.92 Å². The monoisotopic (exact) mass is 263 g/mol. The van der Waals surface area contributed by atoms with Crippen molar-refractivity contribution in [3.63, 3.8) is 0 Å². The number of nitrogens with one attached hydrogen (secondary N) is 2. The number of para-hydroxylation sites is 2. The Bertz CT molecular complexity index is 514. The van der Waals surface area contributed by atoms with Gasteiger partial charge in [-0.15, -0.1) is 11.3 Å². The lowest BCUT2D eigenvalue weighted by atomic mass is 10.3. The molecule has 6 heteroatoms. The zero-order valence-corrected chi connectivity index (χ0v) is 10.7. The molecule has 1 heterocycles. The van der Waals surface area contributed by atoms with Crippen molar-refractivity contribution in [1.29, 1.82) is 0 Å². The molecule has 0 radical (unpaired) electrons. The molecule has 2 amide bonds. The number of aromatic nitrogens is 1. The quantitative estimate of drug-likeness (QED) is 0.890. The fraction of sp³-hybridized carbons (Fsp3) is 0.167. The van der Waals surface area contributed by atoms with Crippen LogP contribution < -0.4 is 15.4 Å². The molecular weight excluding hydrogens is 250 g/mol. The van der Waals surface area contributed by atoms with Gasteiger partial charge in [0.25, 0.3) is 0 Å². The van der Waals surface area contributed by atoms with Crippen LogP contribution in [0.15, 0.2) is 35.8 Å². The molecule has 5 nitrogen and oxygen atoms in total. The highest BCUT2D eigenvalue weighted by Gasteiger charge is 2.07. The summed E-state index contributed by atoms with van der Waals surface area (Å²) in [5, 5.41) is 7.72. The van der Waals surface area contributed by atoms with Gasteiger partial charge in [-0.05, 0) is 19.1 Å². The fourth-order valence-corrected chi connectivity index (χ4v) is 1.91. The Labute approximate surface area is 109 Å². The summed E-state index contributed by atoms with van der Waals surface area (Å²) in [6.45, 7) is 2.44. The van der Waals surface area contributed by atoms with Crippen molar-refractivity contribution in [2.75, 3.05) is 17.2 Å². The fourth-order valence-electron chi connectivity index (χ4n) is 1.39. The molecule has 2 aromatic rings. The van der Waals surface area contributed by atoms with Crippen LogP contribution in [-0.4, -0.2) is 17.6 Å². The summed E-state index contributed by atoms with van der Waals surface area (Å²) in [7, 11) is 0. The van der Waals surface area contributed by atoms with Crippen molar-refractivity contribution in [3.8, 4) is 5.75 Å². The Kier molecular flexibility index (Phi) is 4.14. The maximum atomic E-state index is 11.7. The minimum Gasteiger partial charge on any atom is -0.492 e. The summed E-state index contributed by atoms with van der Waals surface area (Å²) >= 11 is 1.36. The van der Waals surface area contributed by atoms with Crippen molar-refractivity contribution in [3.05, 3.63) is 35.8 Å². The highest BCUT2D eigenvalue weighted by atomic mass is 32.1. The lowest BCUT2D eigenvalue weighted by molar-refractivity contribution is 0.262. The van der Waals surface area contributed by atoms with Gasteiger partial charge in [-0.3, -0.25) is 5.32 Å². The number of carbonyl (C=O) groups is 1. The zero-order valence-electron chi connectivity index (χ0n) is 9.84. The molecule has 0 aliphatic carbocycles. The molecule has 0 bridgehead atoms. The zero-order chi connectivity index (χ0) is 12.8. The van der Waals surface area contributed by atoms with Crippen LogP contribution in [0.3, 0.4) is 0 Å². The molecule has 1 aromatic heterocycles. The van der Waals surface area contributed by atoms with Crippen LogP contribution in [0.25, 0.3) is 0 Å². The van der Waals surface area contributed by atoms with Gasteiger partial charge in [0.1, 0.15) is 5.75 Å². The summed E-state index contributed by atoms with van der Waals surface area (Å²) in [5.41, 5.74) is 0.633. The van der Waals surface area contributed by atoms with E-state index in [-0.39, 0.29) is 6.03 Å². The first kappa shape index (κ1) is 12.4. The minimum absolute atomic E-state index is 0.336. The van der Waals surface area contributed by atoms with Crippen LogP contribution in [0, 0.1) is 0 Å². The maximum Gasteiger partial charge on any atom is 0.325 e. The molecule has 2 N–H and O–H groups in total.